The van der Waals surface area contributed by atoms with Gasteiger partial charge in [0.1, 0.15) is 5.82 Å². The van der Waals surface area contributed by atoms with Crippen molar-refractivity contribution in [1.82, 2.24) is 20.5 Å². The summed E-state index contributed by atoms with van der Waals surface area (Å²) in [5.41, 5.74) is 0. The van der Waals surface area contributed by atoms with Crippen LogP contribution in [0.1, 0.15) is 55.6 Å². The van der Waals surface area contributed by atoms with E-state index in [2.05, 4.69) is 20.5 Å². The Morgan fingerprint density at radius 2 is 1.93 bits per heavy atom. The molecule has 82 valence electrons. The van der Waals surface area contributed by atoms with Crippen LogP contribution in [0, 0.1) is 0 Å². The summed E-state index contributed by atoms with van der Waals surface area (Å²) in [7, 11) is 0. The number of H-pyrrole nitrogens is 1. The molecule has 0 radical (unpaired) electrons. The van der Waals surface area contributed by atoms with Crippen molar-refractivity contribution in [1.29, 1.82) is 0 Å². The second kappa shape index (κ2) is 3.93. The maximum absolute atomic E-state index is 4.67. The van der Waals surface area contributed by atoms with Gasteiger partial charge in [0, 0.05) is 18.4 Å². The molecule has 2 N–H and O–H groups in total. The number of hydrogen-bond donors (Lipinski definition) is 2. The van der Waals surface area contributed by atoms with Crippen LogP contribution < -0.4 is 5.32 Å². The second-order valence-electron chi connectivity index (χ2n) is 4.75. The van der Waals surface area contributed by atoms with E-state index in [4.69, 9.17) is 0 Å². The van der Waals surface area contributed by atoms with Gasteiger partial charge in [-0.05, 0) is 25.8 Å². The lowest BCUT2D eigenvalue weighted by Crippen LogP contribution is -2.08. The van der Waals surface area contributed by atoms with Gasteiger partial charge in [-0.1, -0.05) is 12.8 Å². The molecule has 4 nitrogen and oxygen atoms in total. The first-order chi connectivity index (χ1) is 7.43. The van der Waals surface area contributed by atoms with Gasteiger partial charge in [0.2, 0.25) is 0 Å². The second-order valence-corrected chi connectivity index (χ2v) is 4.75. The lowest BCUT2D eigenvalue weighted by atomic mass is 10.1. The number of hydrogen-bond acceptors (Lipinski definition) is 3. The third-order valence-electron chi connectivity index (χ3n) is 3.69. The zero-order valence-corrected chi connectivity index (χ0v) is 9.00. The van der Waals surface area contributed by atoms with Crippen molar-refractivity contribution >= 4 is 0 Å². The Kier molecular flexibility index (Phi) is 2.44. The molecule has 1 unspecified atom stereocenters. The smallest absolute Gasteiger partial charge is 0.155 e. The topological polar surface area (TPSA) is 53.6 Å². The van der Waals surface area contributed by atoms with E-state index >= 15 is 0 Å². The summed E-state index contributed by atoms with van der Waals surface area (Å²) in [5.74, 6) is 3.35. The van der Waals surface area contributed by atoms with E-state index in [0.29, 0.717) is 11.8 Å². The number of nitrogens with one attached hydrogen (secondary N) is 2. The molecule has 4 heteroatoms. The number of rotatable bonds is 2. The van der Waals surface area contributed by atoms with Gasteiger partial charge in [0.05, 0.1) is 0 Å². The number of aromatic amines is 1. The average molecular weight is 206 g/mol. The first kappa shape index (κ1) is 9.33. The van der Waals surface area contributed by atoms with Crippen molar-refractivity contribution in [3.63, 3.8) is 0 Å². The van der Waals surface area contributed by atoms with Crippen LogP contribution in [-0.4, -0.2) is 28.3 Å². The van der Waals surface area contributed by atoms with Crippen LogP contribution in [0.15, 0.2) is 0 Å². The van der Waals surface area contributed by atoms with Crippen LogP contribution in [0.4, 0.5) is 0 Å². The molecule has 0 bridgehead atoms. The van der Waals surface area contributed by atoms with E-state index < -0.39 is 0 Å². The summed E-state index contributed by atoms with van der Waals surface area (Å²) in [6.07, 6.45) is 6.47. The fraction of sp³-hybridized carbons (Fsp3) is 0.818. The Bertz CT molecular complexity index is 291. The third kappa shape index (κ3) is 1.78. The van der Waals surface area contributed by atoms with Crippen molar-refractivity contribution < 1.29 is 0 Å². The lowest BCUT2D eigenvalue weighted by Gasteiger charge is -2.03. The van der Waals surface area contributed by atoms with Crippen molar-refractivity contribution in [2.24, 2.45) is 0 Å². The highest BCUT2D eigenvalue weighted by atomic mass is 15.2. The summed E-state index contributed by atoms with van der Waals surface area (Å²) in [6.45, 7) is 2.15. The Hall–Kier alpha value is -0.900. The molecule has 1 saturated carbocycles. The molecule has 1 aromatic rings. The lowest BCUT2D eigenvalue weighted by molar-refractivity contribution is 0.667. The number of nitrogens with zero attached hydrogens (tertiary/aromatic N) is 2. The predicted octanol–water partition coefficient (Wildman–Crippen LogP) is 1.54. The minimum Gasteiger partial charge on any atom is -0.316 e. The Balaban J connectivity index is 1.74. The maximum atomic E-state index is 4.67. The average Bonchev–Trinajstić information content (AvgIpc) is 3.02. The minimum atomic E-state index is 0.538. The standard InChI is InChI=1S/C11H18N4/c1-2-4-8(3-1)10-13-11(15-14-10)9-5-6-12-7-9/h8-9,12H,1-7H2,(H,13,14,15). The van der Waals surface area contributed by atoms with Gasteiger partial charge in [-0.2, -0.15) is 5.10 Å². The van der Waals surface area contributed by atoms with E-state index in [-0.39, 0.29) is 0 Å². The summed E-state index contributed by atoms with van der Waals surface area (Å²) in [5, 5.41) is 10.9. The molecular formula is C11H18N4. The maximum Gasteiger partial charge on any atom is 0.155 e. The molecule has 1 aliphatic carbocycles. The zero-order chi connectivity index (χ0) is 10.1. The molecule has 2 fully saturated rings. The van der Waals surface area contributed by atoms with Crippen LogP contribution in [0.25, 0.3) is 0 Å². The highest BCUT2D eigenvalue weighted by Crippen LogP contribution is 2.32. The van der Waals surface area contributed by atoms with Crippen LogP contribution in [0.3, 0.4) is 0 Å². The molecule has 3 rings (SSSR count). The summed E-state index contributed by atoms with van der Waals surface area (Å²) in [6, 6.07) is 0. The van der Waals surface area contributed by atoms with E-state index in [1.807, 2.05) is 0 Å². The molecule has 0 spiro atoms. The number of aromatic nitrogens is 3. The zero-order valence-electron chi connectivity index (χ0n) is 9.00. The predicted molar refractivity (Wildman–Crippen MR) is 57.8 cm³/mol. The van der Waals surface area contributed by atoms with Gasteiger partial charge >= 0.3 is 0 Å². The van der Waals surface area contributed by atoms with Gasteiger partial charge in [-0.15, -0.1) is 0 Å². The Morgan fingerprint density at radius 3 is 2.67 bits per heavy atom. The molecular weight excluding hydrogens is 188 g/mol. The fourth-order valence-corrected chi connectivity index (χ4v) is 2.73. The van der Waals surface area contributed by atoms with Gasteiger partial charge in [0.25, 0.3) is 0 Å². The monoisotopic (exact) mass is 206 g/mol. The van der Waals surface area contributed by atoms with E-state index in [1.54, 1.807) is 0 Å². The molecule has 15 heavy (non-hydrogen) atoms. The minimum absolute atomic E-state index is 0.538. The summed E-state index contributed by atoms with van der Waals surface area (Å²) >= 11 is 0. The highest BCUT2D eigenvalue weighted by molar-refractivity contribution is 5.05. The SMILES string of the molecule is C1CCC(c2nc(C3CCNC3)n[nH]2)C1. The molecule has 1 atom stereocenters. The third-order valence-corrected chi connectivity index (χ3v) is 3.69. The Labute approximate surface area is 89.9 Å². The summed E-state index contributed by atoms with van der Waals surface area (Å²) < 4.78 is 0. The largest absolute Gasteiger partial charge is 0.316 e. The van der Waals surface area contributed by atoms with Crippen molar-refractivity contribution in [2.45, 2.75) is 43.9 Å². The van der Waals surface area contributed by atoms with Crippen LogP contribution in [0.2, 0.25) is 0 Å². The van der Waals surface area contributed by atoms with Crippen molar-refractivity contribution in [3.8, 4) is 0 Å². The van der Waals surface area contributed by atoms with E-state index in [1.165, 1.54) is 32.1 Å². The van der Waals surface area contributed by atoms with E-state index in [9.17, 15) is 0 Å². The van der Waals surface area contributed by atoms with Crippen molar-refractivity contribution in [2.75, 3.05) is 13.1 Å². The highest BCUT2D eigenvalue weighted by Gasteiger charge is 2.24. The quantitative estimate of drug-likeness (QED) is 0.771. The molecule has 0 amide bonds. The van der Waals surface area contributed by atoms with Crippen molar-refractivity contribution in [3.05, 3.63) is 11.6 Å². The molecule has 1 saturated heterocycles. The molecule has 2 heterocycles. The fourth-order valence-electron chi connectivity index (χ4n) is 2.73. The van der Waals surface area contributed by atoms with Gasteiger partial charge in [0.15, 0.2) is 5.82 Å². The van der Waals surface area contributed by atoms with Gasteiger partial charge in [-0.25, -0.2) is 4.98 Å². The molecule has 1 aliphatic heterocycles. The van der Waals surface area contributed by atoms with Crippen LogP contribution in [0.5, 0.6) is 0 Å². The van der Waals surface area contributed by atoms with Gasteiger partial charge in [-0.3, -0.25) is 5.10 Å². The Morgan fingerprint density at radius 1 is 1.07 bits per heavy atom. The molecule has 1 aromatic heterocycles. The first-order valence-corrected chi connectivity index (χ1v) is 6.06. The van der Waals surface area contributed by atoms with Gasteiger partial charge < -0.3 is 5.32 Å². The first-order valence-electron chi connectivity index (χ1n) is 6.06. The molecule has 0 aromatic carbocycles. The molecule has 2 aliphatic rings. The van der Waals surface area contributed by atoms with Crippen LogP contribution >= 0.6 is 0 Å². The summed E-state index contributed by atoms with van der Waals surface area (Å²) in [4.78, 5) is 4.67. The normalized spacial score (nSPS) is 27.6. The van der Waals surface area contributed by atoms with E-state index in [0.717, 1.165) is 24.7 Å². The van der Waals surface area contributed by atoms with Crippen LogP contribution in [-0.2, 0) is 0 Å².